The summed E-state index contributed by atoms with van der Waals surface area (Å²) in [6, 6.07) is 9.58. The van der Waals surface area contributed by atoms with Gasteiger partial charge in [0.05, 0.1) is 0 Å². The highest BCUT2D eigenvalue weighted by atomic mass is 79.9. The predicted octanol–water partition coefficient (Wildman–Crippen LogP) is 2.92. The molecule has 2 aromatic rings. The summed E-state index contributed by atoms with van der Waals surface area (Å²) in [5.74, 6) is 0.0405. The van der Waals surface area contributed by atoms with Gasteiger partial charge in [-0.25, -0.2) is 4.98 Å². The first-order chi connectivity index (χ1) is 8.47. The maximum absolute atomic E-state index is 11.9. The van der Waals surface area contributed by atoms with Crippen LogP contribution in [0.25, 0.3) is 0 Å². The molecule has 18 heavy (non-hydrogen) atoms. The van der Waals surface area contributed by atoms with Gasteiger partial charge in [-0.05, 0) is 41.1 Å². The number of hydrogen-bond donors (Lipinski definition) is 0. The van der Waals surface area contributed by atoms with E-state index in [-0.39, 0.29) is 10.8 Å². The molecule has 1 aromatic heterocycles. The van der Waals surface area contributed by atoms with Gasteiger partial charge in [-0.3, -0.25) is 0 Å². The van der Waals surface area contributed by atoms with Gasteiger partial charge in [-0.1, -0.05) is 17.7 Å². The van der Waals surface area contributed by atoms with Crippen LogP contribution in [-0.2, 0) is 10.1 Å². The Labute approximate surface area is 114 Å². The lowest BCUT2D eigenvalue weighted by atomic mass is 10.2. The van der Waals surface area contributed by atoms with Crippen molar-refractivity contribution in [2.45, 2.75) is 11.8 Å². The van der Waals surface area contributed by atoms with Crippen molar-refractivity contribution in [3.63, 3.8) is 0 Å². The quantitative estimate of drug-likeness (QED) is 0.813. The molecule has 0 aliphatic rings. The molecule has 0 saturated carbocycles. The molecule has 0 atom stereocenters. The Morgan fingerprint density at radius 2 is 1.78 bits per heavy atom. The summed E-state index contributed by atoms with van der Waals surface area (Å²) in [6.07, 6.45) is 1.47. The van der Waals surface area contributed by atoms with Crippen molar-refractivity contribution in [3.8, 4) is 5.88 Å². The van der Waals surface area contributed by atoms with Crippen LogP contribution in [0.1, 0.15) is 5.56 Å². The number of rotatable bonds is 3. The molecule has 0 amide bonds. The number of aromatic nitrogens is 1. The Bertz CT molecular complexity index is 636. The van der Waals surface area contributed by atoms with E-state index in [0.29, 0.717) is 0 Å². The summed E-state index contributed by atoms with van der Waals surface area (Å²) in [7, 11) is -3.82. The molecule has 4 nitrogen and oxygen atoms in total. The molecule has 0 N–H and O–H groups in total. The highest BCUT2D eigenvalue weighted by Crippen LogP contribution is 2.18. The van der Waals surface area contributed by atoms with Crippen molar-refractivity contribution in [1.82, 2.24) is 4.98 Å². The van der Waals surface area contributed by atoms with E-state index in [2.05, 4.69) is 20.9 Å². The van der Waals surface area contributed by atoms with Crippen molar-refractivity contribution in [2.75, 3.05) is 0 Å². The lowest BCUT2D eigenvalue weighted by Gasteiger charge is -2.06. The average Bonchev–Trinajstić information content (AvgIpc) is 2.32. The zero-order chi connectivity index (χ0) is 13.2. The Morgan fingerprint density at radius 3 is 2.33 bits per heavy atom. The van der Waals surface area contributed by atoms with Crippen LogP contribution in [0.2, 0.25) is 0 Å². The molecule has 0 aliphatic carbocycles. The molecule has 6 heteroatoms. The zero-order valence-electron chi connectivity index (χ0n) is 9.50. The van der Waals surface area contributed by atoms with Gasteiger partial charge in [-0.15, -0.1) is 0 Å². The molecule has 0 unspecified atom stereocenters. The SMILES string of the molecule is Cc1ccc(S(=O)(=O)Oc2ccc(Br)cn2)cc1. The van der Waals surface area contributed by atoms with E-state index in [1.165, 1.54) is 24.4 Å². The number of aryl methyl sites for hydroxylation is 1. The van der Waals surface area contributed by atoms with Gasteiger partial charge in [0.1, 0.15) is 4.90 Å². The smallest absolute Gasteiger partial charge is 0.340 e. The molecular formula is C12H10BrNO3S. The molecule has 0 spiro atoms. The topological polar surface area (TPSA) is 56.3 Å². The summed E-state index contributed by atoms with van der Waals surface area (Å²) >= 11 is 3.21. The predicted molar refractivity (Wildman–Crippen MR) is 70.9 cm³/mol. The number of benzene rings is 1. The van der Waals surface area contributed by atoms with E-state index < -0.39 is 10.1 Å². The average molecular weight is 328 g/mol. The fourth-order valence-corrected chi connectivity index (χ4v) is 2.40. The van der Waals surface area contributed by atoms with Gasteiger partial charge in [0.25, 0.3) is 0 Å². The Morgan fingerprint density at radius 1 is 1.11 bits per heavy atom. The van der Waals surface area contributed by atoms with Crippen LogP contribution >= 0.6 is 15.9 Å². The van der Waals surface area contributed by atoms with Crippen molar-refractivity contribution >= 4 is 26.0 Å². The lowest BCUT2D eigenvalue weighted by molar-refractivity contribution is 0.476. The van der Waals surface area contributed by atoms with Gasteiger partial charge in [0, 0.05) is 16.7 Å². The van der Waals surface area contributed by atoms with E-state index in [4.69, 9.17) is 4.18 Å². The summed E-state index contributed by atoms with van der Waals surface area (Å²) in [5, 5.41) is 0. The summed E-state index contributed by atoms with van der Waals surface area (Å²) in [4.78, 5) is 3.97. The van der Waals surface area contributed by atoms with E-state index in [1.807, 2.05) is 6.92 Å². The van der Waals surface area contributed by atoms with Crippen molar-refractivity contribution < 1.29 is 12.6 Å². The third kappa shape index (κ3) is 3.08. The first kappa shape index (κ1) is 13.0. The van der Waals surface area contributed by atoms with Crippen molar-refractivity contribution in [2.24, 2.45) is 0 Å². The van der Waals surface area contributed by atoms with Crippen LogP contribution in [0, 0.1) is 6.92 Å². The molecule has 0 aliphatic heterocycles. The normalized spacial score (nSPS) is 11.2. The summed E-state index contributed by atoms with van der Waals surface area (Å²) in [6.45, 7) is 1.88. The number of nitrogens with zero attached hydrogens (tertiary/aromatic N) is 1. The molecule has 1 aromatic carbocycles. The third-order valence-corrected chi connectivity index (χ3v) is 3.91. The zero-order valence-corrected chi connectivity index (χ0v) is 11.9. The summed E-state index contributed by atoms with van der Waals surface area (Å²) < 4.78 is 29.5. The van der Waals surface area contributed by atoms with Gasteiger partial charge >= 0.3 is 10.1 Å². The molecule has 0 fully saturated rings. The highest BCUT2D eigenvalue weighted by Gasteiger charge is 2.16. The van der Waals surface area contributed by atoms with Crippen LogP contribution < -0.4 is 4.18 Å². The second-order valence-electron chi connectivity index (χ2n) is 3.67. The molecule has 0 bridgehead atoms. The van der Waals surface area contributed by atoms with Crippen LogP contribution in [0.4, 0.5) is 0 Å². The highest BCUT2D eigenvalue weighted by molar-refractivity contribution is 9.10. The molecule has 94 valence electrons. The standard InChI is InChI=1S/C12H10BrNO3S/c1-9-2-5-11(6-3-9)18(15,16)17-12-7-4-10(13)8-14-12/h2-8H,1H3. The maximum Gasteiger partial charge on any atom is 0.340 e. The fourth-order valence-electron chi connectivity index (χ4n) is 1.28. The van der Waals surface area contributed by atoms with Crippen LogP contribution in [0.3, 0.4) is 0 Å². The second-order valence-corrected chi connectivity index (χ2v) is 6.13. The second kappa shape index (κ2) is 5.07. The Hall–Kier alpha value is -1.40. The fraction of sp³-hybridized carbons (Fsp3) is 0.0833. The van der Waals surface area contributed by atoms with Gasteiger partial charge in [0.2, 0.25) is 5.88 Å². The summed E-state index contributed by atoms with van der Waals surface area (Å²) in [5.41, 5.74) is 0.982. The van der Waals surface area contributed by atoms with Gasteiger partial charge in [0.15, 0.2) is 0 Å². The minimum Gasteiger partial charge on any atom is -0.358 e. The van der Waals surface area contributed by atoms with E-state index in [1.54, 1.807) is 18.2 Å². The molecule has 2 rings (SSSR count). The third-order valence-electron chi connectivity index (χ3n) is 2.20. The monoisotopic (exact) mass is 327 g/mol. The maximum atomic E-state index is 11.9. The molecule has 0 saturated heterocycles. The minimum absolute atomic E-state index is 0.0405. The van der Waals surface area contributed by atoms with E-state index in [0.717, 1.165) is 10.0 Å². The lowest BCUT2D eigenvalue weighted by Crippen LogP contribution is -2.10. The minimum atomic E-state index is -3.82. The van der Waals surface area contributed by atoms with Crippen molar-refractivity contribution in [1.29, 1.82) is 0 Å². The number of hydrogen-bond acceptors (Lipinski definition) is 4. The van der Waals surface area contributed by atoms with Gasteiger partial charge < -0.3 is 4.18 Å². The number of halogens is 1. The van der Waals surface area contributed by atoms with E-state index in [9.17, 15) is 8.42 Å². The van der Waals surface area contributed by atoms with Crippen LogP contribution in [-0.4, -0.2) is 13.4 Å². The first-order valence-corrected chi connectivity index (χ1v) is 7.30. The molecule has 0 radical (unpaired) electrons. The van der Waals surface area contributed by atoms with Gasteiger partial charge in [-0.2, -0.15) is 8.42 Å². The van der Waals surface area contributed by atoms with Crippen LogP contribution in [0.15, 0.2) is 52.0 Å². The molecule has 1 heterocycles. The van der Waals surface area contributed by atoms with Crippen LogP contribution in [0.5, 0.6) is 5.88 Å². The first-order valence-electron chi connectivity index (χ1n) is 5.10. The molecular weight excluding hydrogens is 318 g/mol. The Balaban J connectivity index is 2.27. The van der Waals surface area contributed by atoms with Crippen molar-refractivity contribution in [3.05, 3.63) is 52.6 Å². The Kier molecular flexibility index (Phi) is 3.68. The largest absolute Gasteiger partial charge is 0.358 e. The van der Waals surface area contributed by atoms with E-state index >= 15 is 0 Å². The number of pyridine rings is 1.